The molecule has 0 aliphatic heterocycles. The largest absolute Gasteiger partial charge is 0.466 e. The lowest BCUT2D eigenvalue weighted by atomic mass is 9.98. The number of anilines is 1. The molecule has 0 spiro atoms. The van der Waals surface area contributed by atoms with Crippen LogP contribution in [0.2, 0.25) is 5.02 Å². The highest BCUT2D eigenvalue weighted by molar-refractivity contribution is 6.30. The van der Waals surface area contributed by atoms with Gasteiger partial charge in [-0.2, -0.15) is 0 Å². The first-order chi connectivity index (χ1) is 9.69. The van der Waals surface area contributed by atoms with Crippen molar-refractivity contribution in [1.29, 1.82) is 0 Å². The second kappa shape index (κ2) is 7.34. The quantitative estimate of drug-likeness (QED) is 0.565. The van der Waals surface area contributed by atoms with E-state index in [4.69, 9.17) is 16.3 Å². The highest BCUT2D eigenvalue weighted by atomic mass is 35.5. The van der Waals surface area contributed by atoms with Crippen LogP contribution in [0, 0.1) is 0 Å². The number of rotatable bonds is 7. The van der Waals surface area contributed by atoms with Gasteiger partial charge in [0.2, 0.25) is 0 Å². The summed E-state index contributed by atoms with van der Waals surface area (Å²) in [5, 5.41) is 0.714. The number of nitrogens with zero attached hydrogens (tertiary/aromatic N) is 1. The minimum Gasteiger partial charge on any atom is -0.466 e. The number of hydrogen-bond acceptors (Lipinski definition) is 3. The second-order valence-corrected chi connectivity index (χ2v) is 5.29. The summed E-state index contributed by atoms with van der Waals surface area (Å²) in [5.74, 6) is -0.151. The summed E-state index contributed by atoms with van der Waals surface area (Å²) in [4.78, 5) is 13.7. The summed E-state index contributed by atoms with van der Waals surface area (Å²) in [6.07, 6.45) is 4.96. The van der Waals surface area contributed by atoms with Crippen LogP contribution in [-0.4, -0.2) is 25.7 Å². The molecule has 0 heterocycles. The highest BCUT2D eigenvalue weighted by Gasteiger charge is 2.14. The molecule has 1 aliphatic carbocycles. The molecule has 0 bridgehead atoms. The predicted molar refractivity (Wildman–Crippen MR) is 82.2 cm³/mol. The number of carbonyl (C=O) groups excluding carboxylic acids is 1. The van der Waals surface area contributed by atoms with Crippen LogP contribution in [0.25, 0.3) is 0 Å². The molecule has 0 aromatic heterocycles. The predicted octanol–water partition coefficient (Wildman–Crippen LogP) is 3.82. The molecule has 2 rings (SSSR count). The maximum atomic E-state index is 11.5. The monoisotopic (exact) mass is 293 g/mol. The molecule has 20 heavy (non-hydrogen) atoms. The third-order valence-corrected chi connectivity index (χ3v) is 3.59. The first-order valence-corrected chi connectivity index (χ1v) is 7.41. The van der Waals surface area contributed by atoms with Crippen LogP contribution in [-0.2, 0) is 9.53 Å². The van der Waals surface area contributed by atoms with Gasteiger partial charge in [-0.1, -0.05) is 29.3 Å². The standard InChI is InChI=1S/C16H20ClNO2/c1-2-20-16(19)9-10-18(12-13-5-3-6-13)15-8-4-7-14(17)11-15/h4-5,7-8,11H,2-3,6,9-10,12H2,1H3. The first kappa shape index (κ1) is 14.9. The van der Waals surface area contributed by atoms with Crippen LogP contribution in [0.1, 0.15) is 26.2 Å². The summed E-state index contributed by atoms with van der Waals surface area (Å²) in [5.41, 5.74) is 2.48. The summed E-state index contributed by atoms with van der Waals surface area (Å²) in [7, 11) is 0. The van der Waals surface area contributed by atoms with Gasteiger partial charge in [0.25, 0.3) is 0 Å². The molecule has 0 unspecified atom stereocenters. The van der Waals surface area contributed by atoms with E-state index in [0.29, 0.717) is 24.6 Å². The third kappa shape index (κ3) is 4.27. The number of esters is 1. The Hall–Kier alpha value is -1.48. The average Bonchev–Trinajstić information content (AvgIpc) is 2.37. The molecular weight excluding hydrogens is 274 g/mol. The molecule has 0 saturated heterocycles. The maximum absolute atomic E-state index is 11.5. The number of halogens is 1. The molecule has 0 radical (unpaired) electrons. The van der Waals surface area contributed by atoms with Crippen molar-refractivity contribution in [3.63, 3.8) is 0 Å². The smallest absolute Gasteiger partial charge is 0.307 e. The van der Waals surface area contributed by atoms with Crippen molar-refractivity contribution < 1.29 is 9.53 Å². The normalized spacial score (nSPS) is 13.4. The zero-order chi connectivity index (χ0) is 14.4. The van der Waals surface area contributed by atoms with Crippen molar-refractivity contribution in [1.82, 2.24) is 0 Å². The van der Waals surface area contributed by atoms with Crippen LogP contribution in [0.15, 0.2) is 35.9 Å². The Morgan fingerprint density at radius 2 is 2.25 bits per heavy atom. The number of carbonyl (C=O) groups is 1. The molecular formula is C16H20ClNO2. The van der Waals surface area contributed by atoms with Crippen molar-refractivity contribution in [2.45, 2.75) is 26.2 Å². The topological polar surface area (TPSA) is 29.5 Å². The lowest BCUT2D eigenvalue weighted by Gasteiger charge is -2.28. The van der Waals surface area contributed by atoms with Crippen LogP contribution < -0.4 is 4.90 Å². The Labute approximate surface area is 125 Å². The number of ether oxygens (including phenoxy) is 1. The van der Waals surface area contributed by atoms with E-state index in [9.17, 15) is 4.79 Å². The SMILES string of the molecule is CCOC(=O)CCN(CC1=CCC1)c1cccc(Cl)c1. The van der Waals surface area contributed by atoms with Crippen molar-refractivity contribution in [2.24, 2.45) is 0 Å². The van der Waals surface area contributed by atoms with E-state index in [1.165, 1.54) is 5.57 Å². The Morgan fingerprint density at radius 1 is 1.45 bits per heavy atom. The van der Waals surface area contributed by atoms with Crippen molar-refractivity contribution in [3.8, 4) is 0 Å². The minimum absolute atomic E-state index is 0.151. The number of allylic oxidation sites excluding steroid dienone is 1. The van der Waals surface area contributed by atoms with E-state index in [1.54, 1.807) is 0 Å². The zero-order valence-electron chi connectivity index (χ0n) is 11.8. The molecule has 0 atom stereocenters. The fourth-order valence-corrected chi connectivity index (χ4v) is 2.35. The summed E-state index contributed by atoms with van der Waals surface area (Å²) >= 11 is 6.05. The van der Waals surface area contributed by atoms with Crippen LogP contribution in [0.5, 0.6) is 0 Å². The van der Waals surface area contributed by atoms with Gasteiger partial charge in [-0.3, -0.25) is 4.79 Å². The molecule has 0 amide bonds. The molecule has 1 aromatic rings. The Morgan fingerprint density at radius 3 is 2.85 bits per heavy atom. The van der Waals surface area contributed by atoms with E-state index in [1.807, 2.05) is 31.2 Å². The Kier molecular flexibility index (Phi) is 5.48. The van der Waals surface area contributed by atoms with Gasteiger partial charge in [0, 0.05) is 23.8 Å². The molecule has 1 aliphatic rings. The summed E-state index contributed by atoms with van der Waals surface area (Å²) < 4.78 is 4.99. The Bertz CT molecular complexity index is 499. The molecule has 1 aromatic carbocycles. The fourth-order valence-electron chi connectivity index (χ4n) is 2.17. The van der Waals surface area contributed by atoms with Crippen molar-refractivity contribution in [2.75, 3.05) is 24.6 Å². The fraction of sp³-hybridized carbons (Fsp3) is 0.438. The van der Waals surface area contributed by atoms with Gasteiger partial charge < -0.3 is 9.64 Å². The van der Waals surface area contributed by atoms with Gasteiger partial charge in [0.05, 0.1) is 13.0 Å². The van der Waals surface area contributed by atoms with Crippen molar-refractivity contribution >= 4 is 23.3 Å². The third-order valence-electron chi connectivity index (χ3n) is 3.36. The zero-order valence-corrected chi connectivity index (χ0v) is 12.5. The summed E-state index contributed by atoms with van der Waals surface area (Å²) in [6, 6.07) is 7.75. The van der Waals surface area contributed by atoms with E-state index in [-0.39, 0.29) is 5.97 Å². The second-order valence-electron chi connectivity index (χ2n) is 4.86. The van der Waals surface area contributed by atoms with Gasteiger partial charge in [0.1, 0.15) is 0 Å². The highest BCUT2D eigenvalue weighted by Crippen LogP contribution is 2.25. The van der Waals surface area contributed by atoms with Gasteiger partial charge in [-0.15, -0.1) is 0 Å². The van der Waals surface area contributed by atoms with Crippen molar-refractivity contribution in [3.05, 3.63) is 40.9 Å². The number of benzene rings is 1. The average molecular weight is 294 g/mol. The van der Waals surface area contributed by atoms with E-state index in [0.717, 1.165) is 25.1 Å². The van der Waals surface area contributed by atoms with Gasteiger partial charge >= 0.3 is 5.97 Å². The molecule has 0 fully saturated rings. The molecule has 3 nitrogen and oxygen atoms in total. The molecule has 0 N–H and O–H groups in total. The lowest BCUT2D eigenvalue weighted by molar-refractivity contribution is -0.142. The van der Waals surface area contributed by atoms with E-state index < -0.39 is 0 Å². The van der Waals surface area contributed by atoms with Gasteiger partial charge in [-0.05, 0) is 38.0 Å². The number of hydrogen-bond donors (Lipinski definition) is 0. The van der Waals surface area contributed by atoms with Gasteiger partial charge in [-0.25, -0.2) is 0 Å². The summed E-state index contributed by atoms with van der Waals surface area (Å²) in [6.45, 7) is 3.77. The van der Waals surface area contributed by atoms with Crippen LogP contribution in [0.4, 0.5) is 5.69 Å². The van der Waals surface area contributed by atoms with E-state index in [2.05, 4.69) is 11.0 Å². The maximum Gasteiger partial charge on any atom is 0.307 e. The van der Waals surface area contributed by atoms with Crippen LogP contribution in [0.3, 0.4) is 0 Å². The molecule has 0 saturated carbocycles. The molecule has 4 heteroatoms. The Balaban J connectivity index is 2.02. The van der Waals surface area contributed by atoms with Gasteiger partial charge in [0.15, 0.2) is 0 Å². The molecule has 108 valence electrons. The first-order valence-electron chi connectivity index (χ1n) is 7.03. The lowest BCUT2D eigenvalue weighted by Crippen LogP contribution is -2.29. The minimum atomic E-state index is -0.151. The van der Waals surface area contributed by atoms with Crippen LogP contribution >= 0.6 is 11.6 Å². The van der Waals surface area contributed by atoms with E-state index >= 15 is 0 Å².